The van der Waals surface area contributed by atoms with Crippen LogP contribution in [0.2, 0.25) is 0 Å². The first-order valence-electron chi connectivity index (χ1n) is 20.5. The summed E-state index contributed by atoms with van der Waals surface area (Å²) in [7, 11) is -9.02. The lowest BCUT2D eigenvalue weighted by molar-refractivity contribution is 0.506. The van der Waals surface area contributed by atoms with Gasteiger partial charge in [0, 0.05) is 56.6 Å². The van der Waals surface area contributed by atoms with Crippen LogP contribution in [0.5, 0.6) is 0 Å². The Morgan fingerprint density at radius 2 is 1.29 bits per heavy atom. The second-order valence-corrected chi connectivity index (χ2v) is 22.0. The van der Waals surface area contributed by atoms with Gasteiger partial charge in [0.2, 0.25) is 0 Å². The number of nitrogens with zero attached hydrogens (tertiary/aromatic N) is 14. The van der Waals surface area contributed by atoms with E-state index in [9.17, 15) is 34.0 Å². The average molecular weight is 968 g/mol. The summed E-state index contributed by atoms with van der Waals surface area (Å²) in [5.41, 5.74) is 2.01. The van der Waals surface area contributed by atoms with Gasteiger partial charge in [-0.05, 0) is 61.1 Å². The molecule has 0 spiro atoms. The Morgan fingerprint density at radius 3 is 1.86 bits per heavy atom. The predicted octanol–water partition coefficient (Wildman–Crippen LogP) is 3.01. The number of hydrogen-bond donors (Lipinski definition) is 1. The first-order chi connectivity index (χ1) is 31.4. The molecule has 2 atom stereocenters. The number of hydrogen-bond acceptors (Lipinski definition) is 18. The molecule has 1 N–H and O–H groups in total. The lowest BCUT2D eigenvalue weighted by Gasteiger charge is -2.27. The van der Waals surface area contributed by atoms with Crippen LogP contribution >= 0.6 is 0 Å². The molecule has 66 heavy (non-hydrogen) atoms. The van der Waals surface area contributed by atoms with Crippen molar-refractivity contribution in [3.05, 3.63) is 120 Å². The normalized spacial score (nSPS) is 16.3. The van der Waals surface area contributed by atoms with Crippen LogP contribution in [-0.2, 0) is 54.2 Å². The van der Waals surface area contributed by atoms with Crippen molar-refractivity contribution in [2.24, 2.45) is 0 Å². The van der Waals surface area contributed by atoms with Crippen LogP contribution in [0.3, 0.4) is 0 Å². The maximum absolute atomic E-state index is 14.4. The molecule has 1 saturated carbocycles. The fourth-order valence-electron chi connectivity index (χ4n) is 7.17. The molecule has 0 aliphatic heterocycles. The number of nitrogens with one attached hydrogen (secondary N) is 1. The third kappa shape index (κ3) is 12.7. The van der Waals surface area contributed by atoms with Gasteiger partial charge < -0.3 is 0 Å². The Kier molecular flexibility index (Phi) is 15.5. The number of rotatable bonds is 13. The highest BCUT2D eigenvalue weighted by molar-refractivity contribution is 7.91. The van der Waals surface area contributed by atoms with Crippen molar-refractivity contribution in [2.45, 2.75) is 63.7 Å². The summed E-state index contributed by atoms with van der Waals surface area (Å²) in [5, 5.41) is 23.3. The van der Waals surface area contributed by atoms with E-state index in [1.165, 1.54) is 65.3 Å². The molecule has 2 bridgehead atoms. The Bertz CT molecular complexity index is 3060. The van der Waals surface area contributed by atoms with Crippen LogP contribution < -0.4 is 0 Å². The molecule has 9 rings (SSSR count). The third-order valence-electron chi connectivity index (χ3n) is 10.2. The van der Waals surface area contributed by atoms with Gasteiger partial charge in [-0.2, -0.15) is 19.6 Å². The van der Waals surface area contributed by atoms with E-state index < -0.39 is 46.6 Å². The highest BCUT2D eigenvalue weighted by Gasteiger charge is 2.53. The summed E-state index contributed by atoms with van der Waals surface area (Å²) in [6.45, 7) is 4.00. The molecule has 26 heteroatoms. The summed E-state index contributed by atoms with van der Waals surface area (Å²) in [6, 6.07) is 9.03. The smallest absolute Gasteiger partial charge is 0.252 e. The largest absolute Gasteiger partial charge is 0.263 e. The Hall–Kier alpha value is -6.41. The molecule has 1 fully saturated rings. The fraction of sp³-hybridized carbons (Fsp3) is 0.400. The van der Waals surface area contributed by atoms with Crippen LogP contribution in [0.4, 0.5) is 8.78 Å². The van der Waals surface area contributed by atoms with Gasteiger partial charge in [-0.3, -0.25) is 5.10 Å². The number of aromatic nitrogens is 15. The number of fused-ring (bicyclic) bond motifs is 5. The van der Waals surface area contributed by atoms with Crippen LogP contribution in [0.15, 0.2) is 74.0 Å². The molecule has 2 aliphatic rings. The maximum atomic E-state index is 14.4. The summed E-state index contributed by atoms with van der Waals surface area (Å²) in [5.74, 6) is 1.12. The summed E-state index contributed by atoms with van der Waals surface area (Å²) in [4.78, 5) is 29.1. The number of H-pyrrole nitrogens is 1. The average Bonchev–Trinajstić information content (AvgIpc) is 4.15. The molecule has 350 valence electrons. The zero-order valence-electron chi connectivity index (χ0n) is 36.6. The zero-order chi connectivity index (χ0) is 47.7. The van der Waals surface area contributed by atoms with Gasteiger partial charge in [-0.25, -0.2) is 68.9 Å². The van der Waals surface area contributed by atoms with Crippen molar-refractivity contribution in [2.75, 3.05) is 36.0 Å². The standard InChI is InChI=1S/C24H21F2N7O2S.C9H11N5O2S.C5H9N3O2S.C2H6/c1-36(34,35)10-7-20-28-13-33(32-20)23-27-9-6-19(29-23)24-8-5-14(12-24)15-11-18(30-31-22(15)24)21-16(25)3-2-4-17(21)26;1-17(15,16)6-3-8-12-7-14(13-8)9-10-4-2-5-11-9;1-11(9,10)3-2-5-6-4-7-8-5;1-2/h2-4,6,9,11,13-14H,5,7-8,10,12H2,1H3;2,4-5,7H,3,6H2,1H3;4H,2-3H2,1H3,(H,6,7,8);1-2H3/t14-,24+;;;/m1.../s1. The molecule has 2 aliphatic carbocycles. The summed E-state index contributed by atoms with van der Waals surface area (Å²) in [6.07, 6.45) is 16.1. The van der Waals surface area contributed by atoms with Crippen molar-refractivity contribution in [1.82, 2.24) is 74.8 Å². The highest BCUT2D eigenvalue weighted by atomic mass is 32.2. The molecule has 0 unspecified atom stereocenters. The Morgan fingerprint density at radius 1 is 0.712 bits per heavy atom. The molecule has 1 aromatic carbocycles. The van der Waals surface area contributed by atoms with Gasteiger partial charge >= 0.3 is 0 Å². The van der Waals surface area contributed by atoms with Crippen molar-refractivity contribution < 1.29 is 34.0 Å². The number of aromatic amines is 1. The van der Waals surface area contributed by atoms with Crippen molar-refractivity contribution in [1.29, 1.82) is 0 Å². The van der Waals surface area contributed by atoms with E-state index in [1.807, 2.05) is 19.9 Å². The lowest BCUT2D eigenvalue weighted by atomic mass is 9.80. The number of sulfone groups is 3. The molecule has 0 amide bonds. The summed E-state index contributed by atoms with van der Waals surface area (Å²) < 4.78 is 97.8. The molecule has 0 radical (unpaired) electrons. The number of halogens is 2. The molecule has 6 aromatic heterocycles. The van der Waals surface area contributed by atoms with Crippen molar-refractivity contribution >= 4 is 29.5 Å². The molecule has 7 aromatic rings. The van der Waals surface area contributed by atoms with Crippen molar-refractivity contribution in [3.63, 3.8) is 0 Å². The molecular formula is C40H47F2N15O6S3. The summed E-state index contributed by atoms with van der Waals surface area (Å²) >= 11 is 0. The predicted molar refractivity (Wildman–Crippen MR) is 237 cm³/mol. The highest BCUT2D eigenvalue weighted by Crippen LogP contribution is 2.59. The maximum Gasteiger partial charge on any atom is 0.252 e. The van der Waals surface area contributed by atoms with E-state index in [-0.39, 0.29) is 40.9 Å². The lowest BCUT2D eigenvalue weighted by Crippen LogP contribution is -2.27. The van der Waals surface area contributed by atoms with Crippen molar-refractivity contribution in [3.8, 4) is 23.2 Å². The molecule has 21 nitrogen and oxygen atoms in total. The zero-order valence-corrected chi connectivity index (χ0v) is 39.0. The second-order valence-electron chi connectivity index (χ2n) is 15.2. The van der Waals surface area contributed by atoms with Gasteiger partial charge in [0.15, 0.2) is 11.6 Å². The Labute approximate surface area is 379 Å². The molecule has 0 saturated heterocycles. The first kappa shape index (κ1) is 49.0. The number of benzene rings is 1. The number of aryl methyl sites for hydroxylation is 3. The van der Waals surface area contributed by atoms with Gasteiger partial charge in [0.05, 0.1) is 45.3 Å². The van der Waals surface area contributed by atoms with E-state index >= 15 is 0 Å². The van der Waals surface area contributed by atoms with E-state index in [0.29, 0.717) is 42.2 Å². The molecular weight excluding hydrogens is 921 g/mol. The van der Waals surface area contributed by atoms with Gasteiger partial charge in [0.25, 0.3) is 11.9 Å². The quantitative estimate of drug-likeness (QED) is 0.174. The third-order valence-corrected chi connectivity index (χ3v) is 13.0. The van der Waals surface area contributed by atoms with Gasteiger partial charge in [0.1, 0.15) is 66.0 Å². The van der Waals surface area contributed by atoms with Crippen LogP contribution in [0, 0.1) is 11.6 Å². The van der Waals surface area contributed by atoms with E-state index in [1.54, 1.807) is 30.7 Å². The van der Waals surface area contributed by atoms with E-state index in [4.69, 9.17) is 4.98 Å². The van der Waals surface area contributed by atoms with Crippen LogP contribution in [0.1, 0.15) is 73.5 Å². The van der Waals surface area contributed by atoms with Gasteiger partial charge in [-0.15, -0.1) is 15.3 Å². The van der Waals surface area contributed by atoms with E-state index in [2.05, 4.69) is 60.5 Å². The monoisotopic (exact) mass is 967 g/mol. The topological polar surface area (TPSA) is 283 Å². The minimum Gasteiger partial charge on any atom is -0.263 e. The minimum absolute atomic E-state index is 0.0344. The molecule has 6 heterocycles. The second kappa shape index (κ2) is 20.8. The SMILES string of the molecule is CC.CS(=O)(=O)CCc1ncn(-c2nccc([C@]34CC[C@H](C3)c3cc(-c5c(F)cccc5F)nnc34)n2)n1.CS(=O)(=O)CCc1ncn(-c2ncccn2)n1.CS(=O)(=O)CCc1ncn[nH]1. The first-order valence-corrected chi connectivity index (χ1v) is 26.7. The Balaban J connectivity index is 0.000000198. The van der Waals surface area contributed by atoms with Gasteiger partial charge in [-0.1, -0.05) is 19.9 Å². The fourth-order valence-corrected chi connectivity index (χ4v) is 8.84. The van der Waals surface area contributed by atoms with E-state index in [0.717, 1.165) is 36.2 Å². The minimum atomic E-state index is -3.13. The van der Waals surface area contributed by atoms with Crippen LogP contribution in [0.25, 0.3) is 23.2 Å². The van der Waals surface area contributed by atoms with Crippen LogP contribution in [-0.4, -0.2) is 136 Å².